The predicted molar refractivity (Wildman–Crippen MR) is 69.9 cm³/mol. The predicted octanol–water partition coefficient (Wildman–Crippen LogP) is 0.958. The van der Waals surface area contributed by atoms with Gasteiger partial charge in [0, 0.05) is 19.1 Å². The van der Waals surface area contributed by atoms with Gasteiger partial charge in [0.05, 0.1) is 12.6 Å². The first-order valence-corrected chi connectivity index (χ1v) is 6.91. The molecule has 0 aromatic carbocycles. The van der Waals surface area contributed by atoms with E-state index in [1.165, 1.54) is 5.56 Å². The highest BCUT2D eigenvalue weighted by Crippen LogP contribution is 2.26. The maximum absolute atomic E-state index is 11.6. The summed E-state index contributed by atoms with van der Waals surface area (Å²) in [4.78, 5) is 13.8. The van der Waals surface area contributed by atoms with Crippen LogP contribution in [0.15, 0.2) is 16.8 Å². The lowest BCUT2D eigenvalue weighted by molar-refractivity contribution is -0.122. The minimum atomic E-state index is 0.0236. The smallest absolute Gasteiger partial charge is 0.234 e. The fourth-order valence-electron chi connectivity index (χ4n) is 2.36. The van der Waals surface area contributed by atoms with Crippen molar-refractivity contribution in [3.05, 3.63) is 22.4 Å². The van der Waals surface area contributed by atoms with Gasteiger partial charge in [-0.05, 0) is 35.7 Å². The van der Waals surface area contributed by atoms with E-state index in [0.29, 0.717) is 6.54 Å². The summed E-state index contributed by atoms with van der Waals surface area (Å²) >= 11 is 1.67. The summed E-state index contributed by atoms with van der Waals surface area (Å²) in [5.74, 6) is 0.100. The lowest BCUT2D eigenvalue weighted by atomic mass is 10.0. The molecular formula is C12H19N3OS. The van der Waals surface area contributed by atoms with Gasteiger partial charge in [-0.15, -0.1) is 0 Å². The lowest BCUT2D eigenvalue weighted by Crippen LogP contribution is -2.42. The number of carbonyl (C=O) groups is 1. The SMILES string of the molecule is CC(N)C(c1ccsc1)N1CCCNC(=O)C1. The number of nitrogens with one attached hydrogen (secondary N) is 1. The second kappa shape index (κ2) is 5.62. The molecule has 94 valence electrons. The second-order valence-electron chi connectivity index (χ2n) is 4.53. The van der Waals surface area contributed by atoms with Crippen molar-refractivity contribution in [2.45, 2.75) is 25.4 Å². The monoisotopic (exact) mass is 253 g/mol. The molecule has 0 saturated carbocycles. The van der Waals surface area contributed by atoms with Gasteiger partial charge in [0.15, 0.2) is 0 Å². The quantitative estimate of drug-likeness (QED) is 0.843. The van der Waals surface area contributed by atoms with E-state index in [1.54, 1.807) is 11.3 Å². The molecule has 0 bridgehead atoms. The lowest BCUT2D eigenvalue weighted by Gasteiger charge is -2.32. The van der Waals surface area contributed by atoms with Crippen LogP contribution >= 0.6 is 11.3 Å². The molecule has 1 aromatic rings. The topological polar surface area (TPSA) is 58.4 Å². The minimum absolute atomic E-state index is 0.0236. The Morgan fingerprint density at radius 1 is 1.59 bits per heavy atom. The Kier molecular flexibility index (Phi) is 4.15. The summed E-state index contributed by atoms with van der Waals surface area (Å²) < 4.78 is 0. The van der Waals surface area contributed by atoms with E-state index in [9.17, 15) is 4.79 Å². The van der Waals surface area contributed by atoms with Crippen LogP contribution in [0.1, 0.15) is 24.9 Å². The third-order valence-corrected chi connectivity index (χ3v) is 3.77. The largest absolute Gasteiger partial charge is 0.355 e. The third kappa shape index (κ3) is 3.06. The molecule has 1 aliphatic rings. The Morgan fingerprint density at radius 2 is 2.41 bits per heavy atom. The van der Waals surface area contributed by atoms with Gasteiger partial charge in [-0.25, -0.2) is 0 Å². The molecule has 0 spiro atoms. The van der Waals surface area contributed by atoms with Crippen molar-refractivity contribution in [2.75, 3.05) is 19.6 Å². The number of nitrogens with two attached hydrogens (primary N) is 1. The number of carbonyl (C=O) groups excluding carboxylic acids is 1. The van der Waals surface area contributed by atoms with Crippen molar-refractivity contribution >= 4 is 17.2 Å². The van der Waals surface area contributed by atoms with E-state index in [4.69, 9.17) is 5.73 Å². The van der Waals surface area contributed by atoms with Crippen molar-refractivity contribution in [1.29, 1.82) is 0 Å². The van der Waals surface area contributed by atoms with Crippen molar-refractivity contribution < 1.29 is 4.79 Å². The first-order valence-electron chi connectivity index (χ1n) is 5.97. The van der Waals surface area contributed by atoms with Crippen molar-refractivity contribution in [3.8, 4) is 0 Å². The fourth-order valence-corrected chi connectivity index (χ4v) is 3.05. The molecule has 2 atom stereocenters. The molecular weight excluding hydrogens is 234 g/mol. The average Bonchev–Trinajstić information content (AvgIpc) is 2.69. The molecule has 1 fully saturated rings. The van der Waals surface area contributed by atoms with Crippen LogP contribution in [-0.2, 0) is 4.79 Å². The number of thiophene rings is 1. The number of hydrogen-bond acceptors (Lipinski definition) is 4. The molecule has 17 heavy (non-hydrogen) atoms. The fraction of sp³-hybridized carbons (Fsp3) is 0.583. The molecule has 1 amide bonds. The summed E-state index contributed by atoms with van der Waals surface area (Å²) in [6.45, 7) is 4.14. The molecule has 4 nitrogen and oxygen atoms in total. The molecule has 2 unspecified atom stereocenters. The maximum atomic E-state index is 11.6. The number of hydrogen-bond donors (Lipinski definition) is 2. The molecule has 1 saturated heterocycles. The molecule has 2 rings (SSSR count). The van der Waals surface area contributed by atoms with Gasteiger partial charge in [0.25, 0.3) is 0 Å². The van der Waals surface area contributed by atoms with E-state index in [1.807, 2.05) is 6.92 Å². The Bertz CT molecular complexity index is 364. The van der Waals surface area contributed by atoms with Gasteiger partial charge in [0.1, 0.15) is 0 Å². The standard InChI is InChI=1S/C12H19N3OS/c1-9(13)12(10-3-6-17-8-10)15-5-2-4-14-11(16)7-15/h3,6,8-9,12H,2,4-5,7,13H2,1H3,(H,14,16). The van der Waals surface area contributed by atoms with Gasteiger partial charge in [0.2, 0.25) is 5.91 Å². The van der Waals surface area contributed by atoms with Crippen LogP contribution in [0, 0.1) is 0 Å². The summed E-state index contributed by atoms with van der Waals surface area (Å²) in [5.41, 5.74) is 7.31. The molecule has 1 aromatic heterocycles. The van der Waals surface area contributed by atoms with E-state index in [-0.39, 0.29) is 18.0 Å². The number of rotatable bonds is 3. The minimum Gasteiger partial charge on any atom is -0.355 e. The Morgan fingerprint density at radius 3 is 3.06 bits per heavy atom. The number of nitrogens with zero attached hydrogens (tertiary/aromatic N) is 1. The van der Waals surface area contributed by atoms with Crippen LogP contribution in [0.25, 0.3) is 0 Å². The van der Waals surface area contributed by atoms with Gasteiger partial charge >= 0.3 is 0 Å². The molecule has 5 heteroatoms. The van der Waals surface area contributed by atoms with Crippen molar-refractivity contribution in [2.24, 2.45) is 5.73 Å². The van der Waals surface area contributed by atoms with E-state index in [2.05, 4.69) is 27.0 Å². The summed E-state index contributed by atoms with van der Waals surface area (Å²) in [6.07, 6.45) is 0.985. The van der Waals surface area contributed by atoms with Crippen LogP contribution < -0.4 is 11.1 Å². The highest BCUT2D eigenvalue weighted by Gasteiger charge is 2.27. The van der Waals surface area contributed by atoms with Crippen LogP contribution in [-0.4, -0.2) is 36.5 Å². The second-order valence-corrected chi connectivity index (χ2v) is 5.31. The first-order chi connectivity index (χ1) is 8.18. The van der Waals surface area contributed by atoms with Gasteiger partial charge < -0.3 is 11.1 Å². The van der Waals surface area contributed by atoms with Crippen LogP contribution in [0.4, 0.5) is 0 Å². The van der Waals surface area contributed by atoms with Gasteiger partial charge in [-0.2, -0.15) is 11.3 Å². The van der Waals surface area contributed by atoms with Crippen molar-refractivity contribution in [1.82, 2.24) is 10.2 Å². The van der Waals surface area contributed by atoms with Crippen molar-refractivity contribution in [3.63, 3.8) is 0 Å². The summed E-state index contributed by atoms with van der Waals surface area (Å²) in [6, 6.07) is 2.27. The first kappa shape index (κ1) is 12.5. The highest BCUT2D eigenvalue weighted by atomic mass is 32.1. The van der Waals surface area contributed by atoms with Crippen LogP contribution in [0.5, 0.6) is 0 Å². The molecule has 1 aliphatic heterocycles. The van der Waals surface area contributed by atoms with E-state index >= 15 is 0 Å². The Balaban J connectivity index is 2.17. The van der Waals surface area contributed by atoms with E-state index in [0.717, 1.165) is 19.5 Å². The molecule has 2 heterocycles. The Labute approximate surface area is 106 Å². The normalized spacial score (nSPS) is 21.6. The number of amides is 1. The molecule has 0 radical (unpaired) electrons. The third-order valence-electron chi connectivity index (χ3n) is 3.07. The molecule has 3 N–H and O–H groups in total. The summed E-state index contributed by atoms with van der Waals surface area (Å²) in [5, 5.41) is 7.07. The maximum Gasteiger partial charge on any atom is 0.234 e. The van der Waals surface area contributed by atoms with Crippen LogP contribution in [0.3, 0.4) is 0 Å². The zero-order valence-electron chi connectivity index (χ0n) is 10.1. The molecule has 0 aliphatic carbocycles. The van der Waals surface area contributed by atoms with Crippen LogP contribution in [0.2, 0.25) is 0 Å². The highest BCUT2D eigenvalue weighted by molar-refractivity contribution is 7.07. The van der Waals surface area contributed by atoms with Gasteiger partial charge in [-0.3, -0.25) is 9.69 Å². The summed E-state index contributed by atoms with van der Waals surface area (Å²) in [7, 11) is 0. The van der Waals surface area contributed by atoms with E-state index < -0.39 is 0 Å². The van der Waals surface area contributed by atoms with Gasteiger partial charge in [-0.1, -0.05) is 0 Å². The zero-order valence-corrected chi connectivity index (χ0v) is 10.9. The zero-order chi connectivity index (χ0) is 12.3. The average molecular weight is 253 g/mol. The Hall–Kier alpha value is -0.910.